The molecule has 1 fully saturated rings. The normalized spacial score (nSPS) is 23.4. The third-order valence-corrected chi connectivity index (χ3v) is 3.90. The Kier molecular flexibility index (Phi) is 3.11. The van der Waals surface area contributed by atoms with E-state index in [0.717, 1.165) is 18.1 Å². The van der Waals surface area contributed by atoms with E-state index in [-0.39, 0.29) is 0 Å². The lowest BCUT2D eigenvalue weighted by Gasteiger charge is -2.18. The summed E-state index contributed by atoms with van der Waals surface area (Å²) in [5.41, 5.74) is 6.99. The van der Waals surface area contributed by atoms with E-state index in [1.807, 2.05) is 18.2 Å². The Hall–Kier alpha value is -1.68. The van der Waals surface area contributed by atoms with Gasteiger partial charge in [0.25, 0.3) is 0 Å². The summed E-state index contributed by atoms with van der Waals surface area (Å²) < 4.78 is 2.10. The standard InChI is InChI=1S/C14H18N4/c15-9-11-5-4-8-13(11)14-17-16-10-18(14)12-6-2-1-3-7-12/h1-3,6-7,10-11,13H,4-5,8-9,15H2. The van der Waals surface area contributed by atoms with Crippen LogP contribution in [0.1, 0.15) is 31.0 Å². The third kappa shape index (κ3) is 1.93. The number of nitrogens with zero attached hydrogens (tertiary/aromatic N) is 3. The first-order chi connectivity index (χ1) is 8.90. The molecule has 0 saturated heterocycles. The quantitative estimate of drug-likeness (QED) is 0.896. The minimum absolute atomic E-state index is 0.456. The zero-order chi connectivity index (χ0) is 12.4. The molecule has 1 aromatic carbocycles. The second-order valence-electron chi connectivity index (χ2n) is 4.93. The fraction of sp³-hybridized carbons (Fsp3) is 0.429. The first-order valence-electron chi connectivity index (χ1n) is 6.55. The van der Waals surface area contributed by atoms with Gasteiger partial charge >= 0.3 is 0 Å². The van der Waals surface area contributed by atoms with Crippen LogP contribution in [0.3, 0.4) is 0 Å². The lowest BCUT2D eigenvalue weighted by molar-refractivity contribution is 0.472. The van der Waals surface area contributed by atoms with Gasteiger partial charge in [-0.25, -0.2) is 0 Å². The summed E-state index contributed by atoms with van der Waals surface area (Å²) in [6.07, 6.45) is 5.43. The van der Waals surface area contributed by atoms with Crippen LogP contribution in [-0.2, 0) is 0 Å². The molecule has 2 unspecified atom stereocenters. The number of hydrogen-bond acceptors (Lipinski definition) is 3. The minimum atomic E-state index is 0.456. The van der Waals surface area contributed by atoms with E-state index >= 15 is 0 Å². The van der Waals surface area contributed by atoms with Crippen LogP contribution in [0.25, 0.3) is 5.69 Å². The summed E-state index contributed by atoms with van der Waals surface area (Å²) in [5.74, 6) is 2.07. The molecule has 1 aliphatic rings. The zero-order valence-electron chi connectivity index (χ0n) is 10.4. The second-order valence-corrected chi connectivity index (χ2v) is 4.93. The predicted molar refractivity (Wildman–Crippen MR) is 70.5 cm³/mol. The maximum Gasteiger partial charge on any atom is 0.140 e. The summed E-state index contributed by atoms with van der Waals surface area (Å²) >= 11 is 0. The van der Waals surface area contributed by atoms with Crippen molar-refractivity contribution in [2.24, 2.45) is 11.7 Å². The molecule has 18 heavy (non-hydrogen) atoms. The minimum Gasteiger partial charge on any atom is -0.330 e. The van der Waals surface area contributed by atoms with Gasteiger partial charge in [0.05, 0.1) is 0 Å². The van der Waals surface area contributed by atoms with Crippen molar-refractivity contribution in [1.29, 1.82) is 0 Å². The molecular formula is C14H18N4. The maximum absolute atomic E-state index is 5.86. The molecule has 0 spiro atoms. The molecule has 4 heteroatoms. The average Bonchev–Trinajstić information content (AvgIpc) is 3.07. The Morgan fingerprint density at radius 2 is 2.06 bits per heavy atom. The monoisotopic (exact) mass is 242 g/mol. The highest BCUT2D eigenvalue weighted by molar-refractivity contribution is 5.32. The van der Waals surface area contributed by atoms with Crippen molar-refractivity contribution < 1.29 is 0 Å². The van der Waals surface area contributed by atoms with Gasteiger partial charge in [0.1, 0.15) is 12.2 Å². The summed E-state index contributed by atoms with van der Waals surface area (Å²) in [5, 5.41) is 8.41. The largest absolute Gasteiger partial charge is 0.330 e. The lowest BCUT2D eigenvalue weighted by atomic mass is 9.95. The van der Waals surface area contributed by atoms with Crippen LogP contribution in [0.5, 0.6) is 0 Å². The Morgan fingerprint density at radius 1 is 1.22 bits per heavy atom. The number of para-hydroxylation sites is 1. The second kappa shape index (κ2) is 4.90. The maximum atomic E-state index is 5.86. The number of benzene rings is 1. The molecule has 0 bridgehead atoms. The van der Waals surface area contributed by atoms with Gasteiger partial charge in [0, 0.05) is 11.6 Å². The van der Waals surface area contributed by atoms with Gasteiger partial charge in [-0.05, 0) is 37.4 Å². The van der Waals surface area contributed by atoms with Crippen LogP contribution in [0.2, 0.25) is 0 Å². The highest BCUT2D eigenvalue weighted by Crippen LogP contribution is 2.38. The lowest BCUT2D eigenvalue weighted by Crippen LogP contribution is -2.19. The fourth-order valence-corrected chi connectivity index (χ4v) is 2.94. The Bertz CT molecular complexity index is 506. The molecule has 1 heterocycles. The average molecular weight is 242 g/mol. The van der Waals surface area contributed by atoms with Crippen LogP contribution in [0.4, 0.5) is 0 Å². The topological polar surface area (TPSA) is 56.7 Å². The summed E-state index contributed by atoms with van der Waals surface area (Å²) in [6, 6.07) is 10.3. The van der Waals surface area contributed by atoms with Crippen molar-refractivity contribution in [1.82, 2.24) is 14.8 Å². The van der Waals surface area contributed by atoms with Gasteiger partial charge in [-0.15, -0.1) is 10.2 Å². The van der Waals surface area contributed by atoms with E-state index in [9.17, 15) is 0 Å². The van der Waals surface area contributed by atoms with E-state index < -0.39 is 0 Å². The van der Waals surface area contributed by atoms with Crippen molar-refractivity contribution in [2.45, 2.75) is 25.2 Å². The molecule has 1 aliphatic carbocycles. The molecule has 0 amide bonds. The van der Waals surface area contributed by atoms with Gasteiger partial charge < -0.3 is 5.73 Å². The Labute approximate surface area is 107 Å². The molecule has 0 aliphatic heterocycles. The van der Waals surface area contributed by atoms with Crippen LogP contribution in [0.15, 0.2) is 36.7 Å². The van der Waals surface area contributed by atoms with E-state index in [0.29, 0.717) is 11.8 Å². The fourth-order valence-electron chi connectivity index (χ4n) is 2.94. The van der Waals surface area contributed by atoms with Crippen LogP contribution >= 0.6 is 0 Å². The molecule has 2 aromatic rings. The summed E-state index contributed by atoms with van der Waals surface area (Å²) in [6.45, 7) is 0.742. The molecule has 3 rings (SSSR count). The number of nitrogens with two attached hydrogens (primary N) is 1. The molecular weight excluding hydrogens is 224 g/mol. The number of rotatable bonds is 3. The van der Waals surface area contributed by atoms with Gasteiger partial charge in [0.2, 0.25) is 0 Å². The molecule has 2 N–H and O–H groups in total. The van der Waals surface area contributed by atoms with E-state index in [1.54, 1.807) is 6.33 Å². The molecule has 2 atom stereocenters. The SMILES string of the molecule is NCC1CCCC1c1nncn1-c1ccccc1. The Balaban J connectivity index is 1.97. The first kappa shape index (κ1) is 11.4. The van der Waals surface area contributed by atoms with Crippen molar-refractivity contribution in [2.75, 3.05) is 6.54 Å². The smallest absolute Gasteiger partial charge is 0.140 e. The van der Waals surface area contributed by atoms with Crippen molar-refractivity contribution in [3.63, 3.8) is 0 Å². The molecule has 1 saturated carbocycles. The van der Waals surface area contributed by atoms with Gasteiger partial charge in [-0.2, -0.15) is 0 Å². The summed E-state index contributed by atoms with van der Waals surface area (Å²) in [7, 11) is 0. The van der Waals surface area contributed by atoms with Crippen molar-refractivity contribution in [3.05, 3.63) is 42.5 Å². The molecule has 4 nitrogen and oxygen atoms in total. The number of aromatic nitrogens is 3. The van der Waals surface area contributed by atoms with Crippen molar-refractivity contribution >= 4 is 0 Å². The zero-order valence-corrected chi connectivity index (χ0v) is 10.4. The van der Waals surface area contributed by atoms with Crippen molar-refractivity contribution in [3.8, 4) is 5.69 Å². The predicted octanol–water partition coefficient (Wildman–Crippen LogP) is 2.11. The highest BCUT2D eigenvalue weighted by atomic mass is 15.3. The first-order valence-corrected chi connectivity index (χ1v) is 6.55. The highest BCUT2D eigenvalue weighted by Gasteiger charge is 2.31. The van der Waals surface area contributed by atoms with E-state index in [4.69, 9.17) is 5.73 Å². The van der Waals surface area contributed by atoms with Gasteiger partial charge in [0.15, 0.2) is 0 Å². The molecule has 0 radical (unpaired) electrons. The van der Waals surface area contributed by atoms with E-state index in [2.05, 4.69) is 26.9 Å². The Morgan fingerprint density at radius 3 is 2.83 bits per heavy atom. The molecule has 1 aromatic heterocycles. The molecule has 94 valence electrons. The van der Waals surface area contributed by atoms with Crippen LogP contribution in [-0.4, -0.2) is 21.3 Å². The van der Waals surface area contributed by atoms with Gasteiger partial charge in [-0.1, -0.05) is 24.6 Å². The van der Waals surface area contributed by atoms with Gasteiger partial charge in [-0.3, -0.25) is 4.57 Å². The van der Waals surface area contributed by atoms with Crippen LogP contribution < -0.4 is 5.73 Å². The number of hydrogen-bond donors (Lipinski definition) is 1. The van der Waals surface area contributed by atoms with E-state index in [1.165, 1.54) is 19.3 Å². The third-order valence-electron chi connectivity index (χ3n) is 3.90. The summed E-state index contributed by atoms with van der Waals surface area (Å²) in [4.78, 5) is 0. The van der Waals surface area contributed by atoms with Crippen LogP contribution in [0, 0.1) is 5.92 Å².